The van der Waals surface area contributed by atoms with Gasteiger partial charge in [0.15, 0.2) is 9.84 Å². The molecule has 1 atom stereocenters. The number of rotatable bonds is 5. The topological polar surface area (TPSA) is 88.5 Å². The highest BCUT2D eigenvalue weighted by Gasteiger charge is 2.30. The first-order valence-electron chi connectivity index (χ1n) is 10.8. The van der Waals surface area contributed by atoms with Gasteiger partial charge in [-0.05, 0) is 36.3 Å². The summed E-state index contributed by atoms with van der Waals surface area (Å²) in [6.07, 6.45) is 14.2. The van der Waals surface area contributed by atoms with Gasteiger partial charge < -0.3 is 14.5 Å². The molecule has 0 amide bonds. The summed E-state index contributed by atoms with van der Waals surface area (Å²) >= 11 is 5.94. The van der Waals surface area contributed by atoms with Crippen LogP contribution in [0.2, 0.25) is 5.02 Å². The molecule has 0 N–H and O–H groups in total. The van der Waals surface area contributed by atoms with Crippen molar-refractivity contribution in [1.29, 1.82) is 0 Å². The molecule has 0 saturated carbocycles. The van der Waals surface area contributed by atoms with Crippen molar-refractivity contribution < 1.29 is 13.2 Å². The van der Waals surface area contributed by atoms with Gasteiger partial charge in [0.05, 0.1) is 16.0 Å². The summed E-state index contributed by atoms with van der Waals surface area (Å²) in [5.41, 5.74) is 0.960. The second kappa shape index (κ2) is 8.79. The fourth-order valence-electron chi connectivity index (χ4n) is 4.35. The first kappa shape index (κ1) is 21.9. The van der Waals surface area contributed by atoms with Crippen molar-refractivity contribution in [3.63, 3.8) is 0 Å². The van der Waals surface area contributed by atoms with Crippen LogP contribution >= 0.6 is 11.6 Å². The Morgan fingerprint density at radius 3 is 2.67 bits per heavy atom. The number of pyridine rings is 1. The van der Waals surface area contributed by atoms with Crippen LogP contribution in [0.25, 0.3) is 0 Å². The van der Waals surface area contributed by atoms with Gasteiger partial charge in [0.2, 0.25) is 5.88 Å². The number of ether oxygens (including phenoxy) is 1. The van der Waals surface area contributed by atoms with Crippen molar-refractivity contribution in [2.24, 2.45) is 0 Å². The number of allylic oxidation sites excluding steroid dienone is 1. The van der Waals surface area contributed by atoms with Crippen LogP contribution in [0.4, 0.5) is 11.6 Å². The molecule has 1 fully saturated rings. The third-order valence-electron chi connectivity index (χ3n) is 6.08. The third-order valence-corrected chi connectivity index (χ3v) is 7.45. The van der Waals surface area contributed by atoms with Crippen molar-refractivity contribution in [1.82, 2.24) is 15.0 Å². The summed E-state index contributed by atoms with van der Waals surface area (Å²) < 4.78 is 29.9. The average Bonchev–Trinajstić information content (AvgIpc) is 3.23. The molecule has 5 rings (SSSR count). The first-order valence-corrected chi connectivity index (χ1v) is 13.1. The Hall–Kier alpha value is -2.91. The zero-order valence-corrected chi connectivity index (χ0v) is 19.7. The number of sulfone groups is 1. The molecule has 1 unspecified atom stereocenters. The Labute approximate surface area is 198 Å². The number of nitrogens with zero attached hydrogens (tertiary/aromatic N) is 5. The molecule has 4 heterocycles. The van der Waals surface area contributed by atoms with Gasteiger partial charge in [0.25, 0.3) is 0 Å². The number of hydrogen-bond donors (Lipinski definition) is 0. The smallest absolute Gasteiger partial charge is 0.218 e. The minimum absolute atomic E-state index is 0.0216. The van der Waals surface area contributed by atoms with Gasteiger partial charge in [-0.25, -0.2) is 23.4 Å². The molecule has 2 aliphatic heterocycles. The number of aromatic nitrogens is 3. The SMILES string of the molecule is CS(=O)(=O)C1=CCC2C(=C1)C=CN2c1cc(OC2CCN(c3ccc(Cl)cn3)CC2)ncn1. The minimum atomic E-state index is -3.22. The molecule has 8 nitrogen and oxygen atoms in total. The molecule has 2 aromatic heterocycles. The molecule has 1 aliphatic carbocycles. The molecule has 33 heavy (non-hydrogen) atoms. The van der Waals surface area contributed by atoms with E-state index < -0.39 is 9.84 Å². The van der Waals surface area contributed by atoms with Crippen molar-refractivity contribution >= 4 is 33.1 Å². The predicted molar refractivity (Wildman–Crippen MR) is 128 cm³/mol. The van der Waals surface area contributed by atoms with Crippen LogP contribution in [0.5, 0.6) is 5.88 Å². The fourth-order valence-corrected chi connectivity index (χ4v) is 5.21. The molecule has 10 heteroatoms. The van der Waals surface area contributed by atoms with Crippen LogP contribution in [0, 0.1) is 0 Å². The average molecular weight is 486 g/mol. The number of hydrogen-bond acceptors (Lipinski definition) is 8. The summed E-state index contributed by atoms with van der Waals surface area (Å²) in [4.78, 5) is 17.8. The lowest BCUT2D eigenvalue weighted by atomic mass is 10.0. The first-order chi connectivity index (χ1) is 15.9. The maximum atomic E-state index is 11.9. The Bertz CT molecular complexity index is 1230. The maximum Gasteiger partial charge on any atom is 0.218 e. The van der Waals surface area contributed by atoms with Gasteiger partial charge in [-0.1, -0.05) is 17.7 Å². The van der Waals surface area contributed by atoms with E-state index in [1.165, 1.54) is 12.6 Å². The normalized spacial score (nSPS) is 21.0. The van der Waals surface area contributed by atoms with E-state index in [0.717, 1.165) is 43.1 Å². The molecular weight excluding hydrogens is 462 g/mol. The lowest BCUT2D eigenvalue weighted by Crippen LogP contribution is -2.38. The summed E-state index contributed by atoms with van der Waals surface area (Å²) in [6, 6.07) is 5.65. The van der Waals surface area contributed by atoms with Crippen molar-refractivity contribution in [3.05, 3.63) is 70.7 Å². The molecule has 3 aliphatic rings. The molecule has 172 valence electrons. The van der Waals surface area contributed by atoms with Crippen LogP contribution in [0.1, 0.15) is 19.3 Å². The highest BCUT2D eigenvalue weighted by Crippen LogP contribution is 2.34. The number of halogens is 1. The highest BCUT2D eigenvalue weighted by atomic mass is 35.5. The summed E-state index contributed by atoms with van der Waals surface area (Å²) in [5, 5.41) is 0.632. The van der Waals surface area contributed by atoms with Gasteiger partial charge in [0.1, 0.15) is 24.1 Å². The van der Waals surface area contributed by atoms with Crippen LogP contribution < -0.4 is 14.5 Å². The third kappa shape index (κ3) is 4.74. The Morgan fingerprint density at radius 2 is 1.94 bits per heavy atom. The van der Waals surface area contributed by atoms with E-state index in [0.29, 0.717) is 22.2 Å². The van der Waals surface area contributed by atoms with Crippen molar-refractivity contribution in [3.8, 4) is 5.88 Å². The van der Waals surface area contributed by atoms with E-state index in [9.17, 15) is 8.42 Å². The van der Waals surface area contributed by atoms with Crippen molar-refractivity contribution in [2.75, 3.05) is 29.1 Å². The van der Waals surface area contributed by atoms with Gasteiger partial charge in [0, 0.05) is 50.7 Å². The van der Waals surface area contributed by atoms with E-state index in [-0.39, 0.29) is 12.1 Å². The number of piperidine rings is 1. The molecule has 2 aromatic rings. The van der Waals surface area contributed by atoms with Gasteiger partial charge in [-0.2, -0.15) is 0 Å². The van der Waals surface area contributed by atoms with E-state index >= 15 is 0 Å². The second-order valence-electron chi connectivity index (χ2n) is 8.35. The van der Waals surface area contributed by atoms with Crippen LogP contribution in [-0.2, 0) is 9.84 Å². The molecular formula is C23H24ClN5O3S. The quantitative estimate of drug-likeness (QED) is 0.635. The number of anilines is 2. The van der Waals surface area contributed by atoms with Gasteiger partial charge in [-0.3, -0.25) is 0 Å². The molecule has 0 radical (unpaired) electrons. The second-order valence-corrected chi connectivity index (χ2v) is 10.8. The van der Waals surface area contributed by atoms with Crippen LogP contribution in [-0.4, -0.2) is 54.9 Å². The van der Waals surface area contributed by atoms with E-state index in [2.05, 4.69) is 19.9 Å². The molecule has 1 saturated heterocycles. The Morgan fingerprint density at radius 1 is 1.12 bits per heavy atom. The minimum Gasteiger partial charge on any atom is -0.474 e. The highest BCUT2D eigenvalue weighted by molar-refractivity contribution is 7.94. The zero-order valence-electron chi connectivity index (χ0n) is 18.1. The summed E-state index contributed by atoms with van der Waals surface area (Å²) in [5.74, 6) is 2.19. The number of fused-ring (bicyclic) bond motifs is 1. The maximum absolute atomic E-state index is 11.9. The largest absolute Gasteiger partial charge is 0.474 e. The molecule has 0 bridgehead atoms. The fraction of sp³-hybridized carbons (Fsp3) is 0.348. The standard InChI is InChI=1S/C23H24ClN5O3S/c1-33(30,31)19-3-4-20-16(12-19)6-11-29(20)22-13-23(27-15-26-22)32-18-7-9-28(10-8-18)21-5-2-17(24)14-25-21/h2-3,5-6,11-15,18,20H,4,7-10H2,1H3. The zero-order chi connectivity index (χ0) is 23.0. The Balaban J connectivity index is 1.22. The summed E-state index contributed by atoms with van der Waals surface area (Å²) in [6.45, 7) is 1.69. The molecule has 0 aromatic carbocycles. The van der Waals surface area contributed by atoms with Gasteiger partial charge >= 0.3 is 0 Å². The van der Waals surface area contributed by atoms with Crippen LogP contribution in [0.15, 0.2) is 65.6 Å². The lowest BCUT2D eigenvalue weighted by molar-refractivity contribution is 0.163. The van der Waals surface area contributed by atoms with E-state index in [1.54, 1.807) is 18.3 Å². The Kier molecular flexibility index (Phi) is 5.84. The summed E-state index contributed by atoms with van der Waals surface area (Å²) in [7, 11) is -3.22. The monoisotopic (exact) mass is 485 g/mol. The lowest BCUT2D eigenvalue weighted by Gasteiger charge is -2.32. The molecule has 0 spiro atoms. The van der Waals surface area contributed by atoms with E-state index in [4.69, 9.17) is 16.3 Å². The predicted octanol–water partition coefficient (Wildman–Crippen LogP) is 3.53. The van der Waals surface area contributed by atoms with Crippen LogP contribution in [0.3, 0.4) is 0 Å². The van der Waals surface area contributed by atoms with Crippen molar-refractivity contribution in [2.45, 2.75) is 31.4 Å². The van der Waals surface area contributed by atoms with E-state index in [1.807, 2.05) is 35.4 Å². The van der Waals surface area contributed by atoms with Gasteiger partial charge in [-0.15, -0.1) is 0 Å².